The number of hydrogen-bond acceptors (Lipinski definition) is 2. The Morgan fingerprint density at radius 1 is 1.15 bits per heavy atom. The molecule has 0 fully saturated rings. The van der Waals surface area contributed by atoms with Crippen LogP contribution in [0.3, 0.4) is 0 Å². The third-order valence-corrected chi connectivity index (χ3v) is 3.08. The van der Waals surface area contributed by atoms with Gasteiger partial charge in [-0.2, -0.15) is 18.3 Å². The molecular weight excluding hydrogens is 267 g/mol. The highest BCUT2D eigenvalue weighted by Crippen LogP contribution is 2.30. The second kappa shape index (κ2) is 5.64. The van der Waals surface area contributed by atoms with Crippen molar-refractivity contribution in [3.05, 3.63) is 35.7 Å². The molecule has 0 N–H and O–H groups in total. The van der Waals surface area contributed by atoms with E-state index in [-0.39, 0.29) is 0 Å². The predicted octanol–water partition coefficient (Wildman–Crippen LogP) is 3.84. The van der Waals surface area contributed by atoms with Crippen molar-refractivity contribution in [2.75, 3.05) is 0 Å². The van der Waals surface area contributed by atoms with Gasteiger partial charge in [-0.1, -0.05) is 25.5 Å². The molecule has 1 aromatic carbocycles. The van der Waals surface area contributed by atoms with Crippen molar-refractivity contribution in [3.8, 4) is 11.4 Å². The van der Waals surface area contributed by atoms with Gasteiger partial charge < -0.3 is 0 Å². The molecule has 0 aliphatic carbocycles. The molecule has 2 aromatic rings. The molecule has 0 bridgehead atoms. The molecule has 0 unspecified atom stereocenters. The van der Waals surface area contributed by atoms with Gasteiger partial charge in [0, 0.05) is 19.0 Å². The number of aryl methyl sites for hydroxylation is 2. The summed E-state index contributed by atoms with van der Waals surface area (Å²) in [5.41, 5.74) is -0.0697. The van der Waals surface area contributed by atoms with E-state index in [1.807, 2.05) is 0 Å². The van der Waals surface area contributed by atoms with Crippen LogP contribution in [0.25, 0.3) is 11.4 Å². The first-order valence-corrected chi connectivity index (χ1v) is 6.49. The normalized spacial score (nSPS) is 11.8. The van der Waals surface area contributed by atoms with Gasteiger partial charge in [0.05, 0.1) is 5.56 Å². The zero-order valence-corrected chi connectivity index (χ0v) is 11.4. The fourth-order valence-corrected chi connectivity index (χ4v) is 1.90. The standard InChI is InChI=1S/C14H16F3N3/c1-3-4-5-12-18-13(19-20(12)2)10-6-8-11(9-7-10)14(15,16)17/h6-9H,3-5H2,1-2H3. The quantitative estimate of drug-likeness (QED) is 0.853. The van der Waals surface area contributed by atoms with Crippen molar-refractivity contribution in [2.24, 2.45) is 7.05 Å². The molecule has 0 aliphatic rings. The van der Waals surface area contributed by atoms with E-state index in [1.165, 1.54) is 12.1 Å². The van der Waals surface area contributed by atoms with Gasteiger partial charge in [0.2, 0.25) is 0 Å². The molecule has 0 amide bonds. The molecule has 3 nitrogen and oxygen atoms in total. The highest BCUT2D eigenvalue weighted by molar-refractivity contribution is 5.55. The smallest absolute Gasteiger partial charge is 0.253 e. The minimum atomic E-state index is -4.32. The van der Waals surface area contributed by atoms with E-state index >= 15 is 0 Å². The largest absolute Gasteiger partial charge is 0.416 e. The number of aromatic nitrogens is 3. The third-order valence-electron chi connectivity index (χ3n) is 3.08. The summed E-state index contributed by atoms with van der Waals surface area (Å²) in [6, 6.07) is 4.92. The van der Waals surface area contributed by atoms with Crippen molar-refractivity contribution in [2.45, 2.75) is 32.4 Å². The van der Waals surface area contributed by atoms with Crippen LogP contribution in [0.15, 0.2) is 24.3 Å². The lowest BCUT2D eigenvalue weighted by Gasteiger charge is -2.06. The van der Waals surface area contributed by atoms with Crippen LogP contribution in [0.5, 0.6) is 0 Å². The summed E-state index contributed by atoms with van der Waals surface area (Å²) in [5.74, 6) is 1.31. The molecule has 6 heteroatoms. The van der Waals surface area contributed by atoms with Gasteiger partial charge in [-0.15, -0.1) is 0 Å². The molecule has 0 aliphatic heterocycles. The Labute approximate surface area is 115 Å². The van der Waals surface area contributed by atoms with E-state index in [9.17, 15) is 13.2 Å². The van der Waals surface area contributed by atoms with Gasteiger partial charge in [-0.3, -0.25) is 4.68 Å². The van der Waals surface area contributed by atoms with Gasteiger partial charge in [-0.05, 0) is 18.6 Å². The minimum absolute atomic E-state index is 0.465. The Morgan fingerprint density at radius 2 is 1.80 bits per heavy atom. The highest BCUT2D eigenvalue weighted by Gasteiger charge is 2.30. The molecule has 0 saturated heterocycles. The lowest BCUT2D eigenvalue weighted by atomic mass is 10.1. The lowest BCUT2D eigenvalue weighted by Crippen LogP contribution is -2.04. The molecular formula is C14H16F3N3. The van der Waals surface area contributed by atoms with Crippen molar-refractivity contribution in [1.82, 2.24) is 14.8 Å². The van der Waals surface area contributed by atoms with Crippen LogP contribution in [0, 0.1) is 0 Å². The van der Waals surface area contributed by atoms with Gasteiger partial charge in [0.25, 0.3) is 0 Å². The zero-order chi connectivity index (χ0) is 14.8. The lowest BCUT2D eigenvalue weighted by molar-refractivity contribution is -0.137. The van der Waals surface area contributed by atoms with Crippen molar-refractivity contribution < 1.29 is 13.2 Å². The van der Waals surface area contributed by atoms with E-state index < -0.39 is 11.7 Å². The van der Waals surface area contributed by atoms with Crippen molar-refractivity contribution >= 4 is 0 Å². The number of unbranched alkanes of at least 4 members (excludes halogenated alkanes) is 1. The van der Waals surface area contributed by atoms with Crippen molar-refractivity contribution in [3.63, 3.8) is 0 Å². The first-order valence-electron chi connectivity index (χ1n) is 6.49. The molecule has 2 rings (SSSR count). The van der Waals surface area contributed by atoms with E-state index in [0.29, 0.717) is 11.4 Å². The average Bonchev–Trinajstić information content (AvgIpc) is 2.77. The van der Waals surface area contributed by atoms with Crippen LogP contribution in [-0.4, -0.2) is 14.8 Å². The molecule has 0 saturated carbocycles. The number of rotatable bonds is 4. The van der Waals surface area contributed by atoms with Crippen LogP contribution in [0.4, 0.5) is 13.2 Å². The van der Waals surface area contributed by atoms with E-state index in [0.717, 1.165) is 37.2 Å². The number of alkyl halides is 3. The molecule has 20 heavy (non-hydrogen) atoms. The number of benzene rings is 1. The van der Waals surface area contributed by atoms with Gasteiger partial charge in [0.1, 0.15) is 5.82 Å². The summed E-state index contributed by atoms with van der Waals surface area (Å²) >= 11 is 0. The maximum absolute atomic E-state index is 12.5. The number of nitrogens with zero attached hydrogens (tertiary/aromatic N) is 3. The summed E-state index contributed by atoms with van der Waals surface area (Å²) in [6.07, 6.45) is -1.43. The third kappa shape index (κ3) is 3.18. The van der Waals surface area contributed by atoms with E-state index in [4.69, 9.17) is 0 Å². The summed E-state index contributed by atoms with van der Waals surface area (Å²) < 4.78 is 39.2. The average molecular weight is 283 g/mol. The fourth-order valence-electron chi connectivity index (χ4n) is 1.90. The first-order chi connectivity index (χ1) is 9.41. The maximum atomic E-state index is 12.5. The Balaban J connectivity index is 2.24. The Bertz CT molecular complexity index is 570. The van der Waals surface area contributed by atoms with E-state index in [2.05, 4.69) is 17.0 Å². The topological polar surface area (TPSA) is 30.7 Å². The van der Waals surface area contributed by atoms with E-state index in [1.54, 1.807) is 11.7 Å². The number of hydrogen-bond donors (Lipinski definition) is 0. The van der Waals surface area contributed by atoms with Gasteiger partial charge in [-0.25, -0.2) is 4.98 Å². The van der Waals surface area contributed by atoms with Crippen LogP contribution < -0.4 is 0 Å². The van der Waals surface area contributed by atoms with Gasteiger partial charge >= 0.3 is 6.18 Å². The monoisotopic (exact) mass is 283 g/mol. The van der Waals surface area contributed by atoms with Crippen LogP contribution in [0.2, 0.25) is 0 Å². The molecule has 0 spiro atoms. The fraction of sp³-hybridized carbons (Fsp3) is 0.429. The summed E-state index contributed by atoms with van der Waals surface area (Å²) in [5, 5.41) is 4.25. The Hall–Kier alpha value is -1.85. The first kappa shape index (κ1) is 14.6. The molecule has 108 valence electrons. The second-order valence-electron chi connectivity index (χ2n) is 4.65. The SMILES string of the molecule is CCCCc1nc(-c2ccc(C(F)(F)F)cc2)nn1C. The minimum Gasteiger partial charge on any atom is -0.253 e. The van der Waals surface area contributed by atoms with Crippen LogP contribution >= 0.6 is 0 Å². The Morgan fingerprint density at radius 3 is 2.35 bits per heavy atom. The van der Waals surface area contributed by atoms with Gasteiger partial charge in [0.15, 0.2) is 5.82 Å². The highest BCUT2D eigenvalue weighted by atomic mass is 19.4. The van der Waals surface area contributed by atoms with Crippen molar-refractivity contribution in [1.29, 1.82) is 0 Å². The second-order valence-corrected chi connectivity index (χ2v) is 4.65. The zero-order valence-electron chi connectivity index (χ0n) is 11.4. The van der Waals surface area contributed by atoms with Crippen LogP contribution in [-0.2, 0) is 19.6 Å². The Kier molecular flexibility index (Phi) is 4.11. The maximum Gasteiger partial charge on any atom is 0.416 e. The summed E-state index contributed by atoms with van der Waals surface area (Å²) in [6.45, 7) is 2.09. The van der Waals surface area contributed by atoms with Crippen LogP contribution in [0.1, 0.15) is 31.2 Å². The summed E-state index contributed by atoms with van der Waals surface area (Å²) in [4.78, 5) is 4.38. The molecule has 0 radical (unpaired) electrons. The molecule has 1 heterocycles. The predicted molar refractivity (Wildman–Crippen MR) is 70.1 cm³/mol. The number of halogens is 3. The molecule has 1 aromatic heterocycles. The molecule has 0 atom stereocenters. The summed E-state index contributed by atoms with van der Waals surface area (Å²) in [7, 11) is 1.80.